The Bertz CT molecular complexity index is 1450. The molecular formula is C38H52O15. The zero-order valence-electron chi connectivity index (χ0n) is 31.7. The molecular weight excluding hydrogens is 696 g/mol. The molecule has 0 saturated carbocycles. The van der Waals surface area contributed by atoms with Gasteiger partial charge in [0.1, 0.15) is 24.4 Å². The topological polar surface area (TPSA) is 154 Å². The third-order valence-corrected chi connectivity index (χ3v) is 10.7. The largest absolute Gasteiger partial charge is 0.472 e. The molecule has 8 aliphatic rings. The molecule has 8 rings (SSSR count). The first kappa shape index (κ1) is 37.5. The maximum atomic E-state index is 14.8. The quantitative estimate of drug-likeness (QED) is 0.354. The zero-order chi connectivity index (χ0) is 37.5. The van der Waals surface area contributed by atoms with Crippen LogP contribution in [0.1, 0.15) is 93.9 Å². The molecule has 294 valence electrons. The molecule has 10 atom stereocenters. The van der Waals surface area contributed by atoms with Crippen LogP contribution in [0.15, 0.2) is 34.8 Å². The Labute approximate surface area is 309 Å². The standard InChI is InChI=1S/C38H52O15/c1-35(2)42-17-21(48-35)25-27(29-33(46-25)52-37(5,6)50-29)44-31(39)23-19-13-11-9-10-12-14-20(16-41-15-19)24(23)32(40)45-28-26(22-18-43-36(3,4)49-22)47-34-30(28)51-38(7,8)53-34/h15-16,21-22,25-30,33-34H,9-14,17-18H2,1-8H3/t21-,22-,25-,26-,27+,28+,29-,30-,33-,34-/m1/s1. The summed E-state index contributed by atoms with van der Waals surface area (Å²) in [4.78, 5) is 29.6. The molecule has 0 unspecified atom stereocenters. The van der Waals surface area contributed by atoms with E-state index in [0.29, 0.717) is 24.0 Å². The normalized spacial score (nSPS) is 40.9. The highest BCUT2D eigenvalue weighted by molar-refractivity contribution is 6.06. The zero-order valence-corrected chi connectivity index (χ0v) is 31.7. The van der Waals surface area contributed by atoms with Crippen molar-refractivity contribution in [2.75, 3.05) is 13.2 Å². The first-order chi connectivity index (χ1) is 25.0. The molecule has 0 N–H and O–H groups in total. The number of hydrogen-bond donors (Lipinski definition) is 0. The molecule has 0 aromatic heterocycles. The van der Waals surface area contributed by atoms with E-state index in [1.54, 1.807) is 27.7 Å². The average molecular weight is 749 g/mol. The monoisotopic (exact) mass is 748 g/mol. The van der Waals surface area contributed by atoms with E-state index in [1.807, 2.05) is 27.7 Å². The summed E-state index contributed by atoms with van der Waals surface area (Å²) < 4.78 is 79.9. The summed E-state index contributed by atoms with van der Waals surface area (Å²) >= 11 is 0. The van der Waals surface area contributed by atoms with Gasteiger partial charge in [-0.3, -0.25) is 0 Å². The Morgan fingerprint density at radius 1 is 0.547 bits per heavy atom. The second-order valence-electron chi connectivity index (χ2n) is 16.7. The average Bonchev–Trinajstić information content (AvgIpc) is 3.86. The molecule has 0 amide bonds. The summed E-state index contributed by atoms with van der Waals surface area (Å²) in [5.74, 6) is -5.20. The van der Waals surface area contributed by atoms with Gasteiger partial charge in [0.15, 0.2) is 60.1 Å². The number of esters is 2. The minimum Gasteiger partial charge on any atom is -0.472 e. The van der Waals surface area contributed by atoms with Crippen molar-refractivity contribution >= 4 is 11.9 Å². The molecule has 1 aliphatic carbocycles. The van der Waals surface area contributed by atoms with Crippen LogP contribution in [0.25, 0.3) is 0 Å². The molecule has 15 nitrogen and oxygen atoms in total. The van der Waals surface area contributed by atoms with Crippen LogP contribution >= 0.6 is 0 Å². The van der Waals surface area contributed by atoms with Gasteiger partial charge >= 0.3 is 11.9 Å². The molecule has 6 saturated heterocycles. The highest BCUT2D eigenvalue weighted by Crippen LogP contribution is 2.45. The van der Waals surface area contributed by atoms with Gasteiger partial charge in [0.25, 0.3) is 0 Å². The minimum absolute atomic E-state index is 0.0578. The first-order valence-electron chi connectivity index (χ1n) is 18.8. The van der Waals surface area contributed by atoms with E-state index >= 15 is 0 Å². The SMILES string of the molecule is CC1(C)O[C@H]2O[C@H]([C@H]3COC(C)(C)O3)[C@H](OC(=O)C3=C(C(=O)O[C@@H]4[C@H]5OC(C)(C)O[C@H]5O[C@@H]4[C@H]4COC(C)(C)O4)C4=COC=C3CCCCCC4)[C@H]2O1. The first-order valence-corrected chi connectivity index (χ1v) is 18.8. The molecule has 7 aliphatic heterocycles. The molecule has 0 spiro atoms. The number of ether oxygens (including phenoxy) is 13. The minimum atomic E-state index is -0.985. The number of hydrogen-bond acceptors (Lipinski definition) is 15. The van der Waals surface area contributed by atoms with Gasteiger partial charge in [-0.2, -0.15) is 0 Å². The number of carbonyl (C=O) groups excluding carboxylic acids is 2. The molecule has 2 bridgehead atoms. The predicted molar refractivity (Wildman–Crippen MR) is 179 cm³/mol. The van der Waals surface area contributed by atoms with E-state index in [0.717, 1.165) is 25.7 Å². The van der Waals surface area contributed by atoms with Crippen molar-refractivity contribution in [3.8, 4) is 0 Å². The molecule has 0 aromatic carbocycles. The van der Waals surface area contributed by atoms with Gasteiger partial charge in [-0.15, -0.1) is 0 Å². The summed E-state index contributed by atoms with van der Waals surface area (Å²) in [6.07, 6.45) is -0.396. The van der Waals surface area contributed by atoms with Crippen LogP contribution in [0.4, 0.5) is 0 Å². The van der Waals surface area contributed by atoms with E-state index in [-0.39, 0.29) is 24.4 Å². The lowest BCUT2D eigenvalue weighted by Gasteiger charge is -2.30. The van der Waals surface area contributed by atoms with Crippen LogP contribution in [0.2, 0.25) is 0 Å². The van der Waals surface area contributed by atoms with Crippen molar-refractivity contribution in [1.82, 2.24) is 0 Å². The third kappa shape index (κ3) is 7.46. The molecule has 53 heavy (non-hydrogen) atoms. The van der Waals surface area contributed by atoms with Gasteiger partial charge in [0.05, 0.1) is 36.9 Å². The van der Waals surface area contributed by atoms with Crippen molar-refractivity contribution in [2.45, 2.75) is 178 Å². The maximum absolute atomic E-state index is 14.8. The summed E-state index contributed by atoms with van der Waals surface area (Å²) in [6.45, 7) is 14.7. The van der Waals surface area contributed by atoms with E-state index in [2.05, 4.69) is 0 Å². The van der Waals surface area contributed by atoms with E-state index in [9.17, 15) is 9.59 Å². The fraction of sp³-hybridized carbons (Fsp3) is 0.789. The Kier molecular flexibility index (Phi) is 9.65. The molecule has 0 aromatic rings. The van der Waals surface area contributed by atoms with Crippen molar-refractivity contribution in [3.05, 3.63) is 34.8 Å². The van der Waals surface area contributed by atoms with Crippen molar-refractivity contribution in [2.24, 2.45) is 0 Å². The van der Waals surface area contributed by atoms with Crippen LogP contribution in [0.3, 0.4) is 0 Å². The second-order valence-corrected chi connectivity index (χ2v) is 16.7. The van der Waals surface area contributed by atoms with Crippen LogP contribution < -0.4 is 0 Å². The number of rotatable bonds is 6. The highest BCUT2D eigenvalue weighted by Gasteiger charge is 2.62. The smallest absolute Gasteiger partial charge is 0.339 e. The highest BCUT2D eigenvalue weighted by atomic mass is 16.9. The van der Waals surface area contributed by atoms with Gasteiger partial charge in [0, 0.05) is 11.1 Å². The van der Waals surface area contributed by atoms with Crippen LogP contribution in [-0.2, 0) is 71.2 Å². The second kappa shape index (κ2) is 13.6. The Morgan fingerprint density at radius 3 is 1.34 bits per heavy atom. The Morgan fingerprint density at radius 2 is 0.962 bits per heavy atom. The van der Waals surface area contributed by atoms with Crippen LogP contribution in [-0.4, -0.2) is 110 Å². The van der Waals surface area contributed by atoms with Gasteiger partial charge < -0.3 is 61.6 Å². The fourth-order valence-corrected chi connectivity index (χ4v) is 8.45. The molecule has 7 heterocycles. The van der Waals surface area contributed by atoms with Gasteiger partial charge in [0.2, 0.25) is 0 Å². The van der Waals surface area contributed by atoms with Crippen molar-refractivity contribution < 1.29 is 71.2 Å². The van der Waals surface area contributed by atoms with E-state index in [4.69, 9.17) is 61.6 Å². The predicted octanol–water partition coefficient (Wildman–Crippen LogP) is 4.31. The lowest BCUT2D eigenvalue weighted by atomic mass is 9.88. The summed E-state index contributed by atoms with van der Waals surface area (Å²) in [7, 11) is 0. The lowest BCUT2D eigenvalue weighted by molar-refractivity contribution is -0.235. The molecule has 6 fully saturated rings. The fourth-order valence-electron chi connectivity index (χ4n) is 8.45. The summed E-state index contributed by atoms with van der Waals surface area (Å²) in [5, 5.41) is 0. The molecule has 0 radical (unpaired) electrons. The van der Waals surface area contributed by atoms with Crippen LogP contribution in [0.5, 0.6) is 0 Å². The Hall–Kier alpha value is -2.44. The van der Waals surface area contributed by atoms with Crippen molar-refractivity contribution in [1.29, 1.82) is 0 Å². The number of carbonyl (C=O) groups is 2. The summed E-state index contributed by atoms with van der Waals surface area (Å²) in [5.41, 5.74) is 1.14. The number of fused-ring (bicyclic) bond motifs is 4. The van der Waals surface area contributed by atoms with E-state index < -0.39 is 96.5 Å². The van der Waals surface area contributed by atoms with Crippen molar-refractivity contribution in [3.63, 3.8) is 0 Å². The lowest BCUT2D eigenvalue weighted by Crippen LogP contribution is -2.46. The molecule has 15 heteroatoms. The van der Waals surface area contributed by atoms with E-state index in [1.165, 1.54) is 12.5 Å². The maximum Gasteiger partial charge on any atom is 0.339 e. The third-order valence-electron chi connectivity index (χ3n) is 10.7. The van der Waals surface area contributed by atoms with Gasteiger partial charge in [-0.25, -0.2) is 9.59 Å². The Balaban J connectivity index is 1.14. The van der Waals surface area contributed by atoms with Gasteiger partial charge in [-0.1, -0.05) is 12.8 Å². The van der Waals surface area contributed by atoms with Gasteiger partial charge in [-0.05, 0) is 81.1 Å². The summed E-state index contributed by atoms with van der Waals surface area (Å²) in [6, 6.07) is 0. The van der Waals surface area contributed by atoms with Crippen LogP contribution in [0, 0.1) is 0 Å².